The Balaban J connectivity index is 2.48. The number of hydrogen-bond donors (Lipinski definition) is 2. The van der Waals surface area contributed by atoms with Gasteiger partial charge in [-0.1, -0.05) is 33.6 Å². The largest absolute Gasteiger partial charge is 0.392 e. The van der Waals surface area contributed by atoms with Gasteiger partial charge in [-0.3, -0.25) is 4.79 Å². The van der Waals surface area contributed by atoms with Crippen LogP contribution in [0.3, 0.4) is 0 Å². The Bertz CT molecular complexity index is 292. The zero-order valence-electron chi connectivity index (χ0n) is 13.6. The van der Waals surface area contributed by atoms with Crippen molar-refractivity contribution in [2.24, 2.45) is 11.8 Å². The fraction of sp³-hybridized carbons (Fsp3) is 0.938. The second-order valence-electron chi connectivity index (χ2n) is 6.09. The van der Waals surface area contributed by atoms with Crippen molar-refractivity contribution in [2.75, 3.05) is 6.61 Å². The number of hydrogen-bond acceptors (Lipinski definition) is 4. The molecule has 0 bridgehead atoms. The molecule has 1 rings (SSSR count). The molecule has 4 atom stereocenters. The molecule has 5 heteroatoms. The van der Waals surface area contributed by atoms with E-state index in [0.29, 0.717) is 25.4 Å². The maximum Gasteiger partial charge on any atom is 0.249 e. The number of aliphatic hydroxyl groups is 1. The van der Waals surface area contributed by atoms with Gasteiger partial charge >= 0.3 is 0 Å². The van der Waals surface area contributed by atoms with Gasteiger partial charge in [-0.25, -0.2) is 10.3 Å². The van der Waals surface area contributed by atoms with Crippen molar-refractivity contribution >= 4 is 5.91 Å². The Labute approximate surface area is 128 Å². The maximum absolute atomic E-state index is 12.3. The standard InChI is InChI=1S/C16H31NO4/c1-4-8-14(18)13(11-12(3)5-2)16(19)17-21-15-9-6-7-10-20-15/h12-15,18H,4-11H2,1-3H3,(H,17,19)/t12?,13-,14+,15?/m1/s1. The number of carbonyl (C=O) groups excluding carboxylic acids is 1. The Kier molecular flexibility index (Phi) is 8.88. The molecule has 0 aromatic carbocycles. The van der Waals surface area contributed by atoms with E-state index >= 15 is 0 Å². The molecule has 5 nitrogen and oxygen atoms in total. The number of hydroxylamine groups is 1. The molecule has 2 N–H and O–H groups in total. The third kappa shape index (κ3) is 6.76. The van der Waals surface area contributed by atoms with Crippen molar-refractivity contribution in [1.82, 2.24) is 5.48 Å². The first-order chi connectivity index (χ1) is 10.1. The molecule has 0 aromatic rings. The highest BCUT2D eigenvalue weighted by atomic mass is 16.8. The lowest BCUT2D eigenvalue weighted by molar-refractivity contribution is -0.203. The van der Waals surface area contributed by atoms with E-state index in [0.717, 1.165) is 32.1 Å². The van der Waals surface area contributed by atoms with E-state index in [-0.39, 0.29) is 12.2 Å². The highest BCUT2D eigenvalue weighted by Crippen LogP contribution is 2.22. The number of nitrogens with one attached hydrogen (secondary N) is 1. The summed E-state index contributed by atoms with van der Waals surface area (Å²) in [6.45, 7) is 6.88. The van der Waals surface area contributed by atoms with E-state index in [4.69, 9.17) is 9.57 Å². The topological polar surface area (TPSA) is 67.8 Å². The van der Waals surface area contributed by atoms with Crippen LogP contribution in [0.5, 0.6) is 0 Å². The summed E-state index contributed by atoms with van der Waals surface area (Å²) in [6, 6.07) is 0. The molecular formula is C16H31NO4. The van der Waals surface area contributed by atoms with Crippen LogP contribution in [0.2, 0.25) is 0 Å². The van der Waals surface area contributed by atoms with Crippen molar-refractivity contribution in [2.45, 2.75) is 78.1 Å². The quantitative estimate of drug-likeness (QED) is 0.643. The minimum absolute atomic E-state index is 0.231. The number of ether oxygens (including phenoxy) is 1. The predicted octanol–water partition coefficient (Wildman–Crippen LogP) is 2.77. The van der Waals surface area contributed by atoms with E-state index < -0.39 is 12.0 Å². The van der Waals surface area contributed by atoms with E-state index in [1.807, 2.05) is 6.92 Å². The van der Waals surface area contributed by atoms with Crippen LogP contribution in [0.25, 0.3) is 0 Å². The van der Waals surface area contributed by atoms with Gasteiger partial charge < -0.3 is 9.84 Å². The van der Waals surface area contributed by atoms with Crippen LogP contribution in [0.4, 0.5) is 0 Å². The van der Waals surface area contributed by atoms with Gasteiger partial charge in [0, 0.05) is 13.0 Å². The molecule has 124 valence electrons. The van der Waals surface area contributed by atoms with Gasteiger partial charge in [0.05, 0.1) is 12.0 Å². The van der Waals surface area contributed by atoms with Crippen molar-refractivity contribution < 1.29 is 19.5 Å². The number of aliphatic hydroxyl groups excluding tert-OH is 1. The SMILES string of the molecule is CCC[C@H](O)[C@@H](CC(C)CC)C(=O)NOC1CCCCO1. The molecule has 0 saturated carbocycles. The molecule has 1 saturated heterocycles. The van der Waals surface area contributed by atoms with Gasteiger partial charge in [0.1, 0.15) is 0 Å². The summed E-state index contributed by atoms with van der Waals surface area (Å²) in [4.78, 5) is 17.6. The normalized spacial score (nSPS) is 23.3. The van der Waals surface area contributed by atoms with Gasteiger partial charge in [-0.2, -0.15) is 0 Å². The van der Waals surface area contributed by atoms with Gasteiger partial charge in [0.15, 0.2) is 6.29 Å². The summed E-state index contributed by atoms with van der Waals surface area (Å²) in [5.41, 5.74) is 2.50. The molecule has 2 unspecified atom stereocenters. The average molecular weight is 301 g/mol. The van der Waals surface area contributed by atoms with Crippen LogP contribution in [0.1, 0.15) is 65.7 Å². The fourth-order valence-corrected chi connectivity index (χ4v) is 2.54. The first kappa shape index (κ1) is 18.4. The molecule has 21 heavy (non-hydrogen) atoms. The molecule has 0 spiro atoms. The highest BCUT2D eigenvalue weighted by molar-refractivity contribution is 5.78. The average Bonchev–Trinajstić information content (AvgIpc) is 2.51. The third-order valence-electron chi connectivity index (χ3n) is 4.17. The predicted molar refractivity (Wildman–Crippen MR) is 81.3 cm³/mol. The first-order valence-electron chi connectivity index (χ1n) is 8.33. The minimum Gasteiger partial charge on any atom is -0.392 e. The summed E-state index contributed by atoms with van der Waals surface area (Å²) in [6.07, 6.45) is 5.10. The van der Waals surface area contributed by atoms with E-state index in [1.165, 1.54) is 0 Å². The second kappa shape index (κ2) is 10.1. The Morgan fingerprint density at radius 2 is 2.19 bits per heavy atom. The van der Waals surface area contributed by atoms with Crippen LogP contribution in [0.15, 0.2) is 0 Å². The maximum atomic E-state index is 12.3. The molecule has 1 aliphatic heterocycles. The third-order valence-corrected chi connectivity index (χ3v) is 4.17. The summed E-state index contributed by atoms with van der Waals surface area (Å²) >= 11 is 0. The lowest BCUT2D eigenvalue weighted by atomic mass is 9.87. The first-order valence-corrected chi connectivity index (χ1v) is 8.33. The summed E-state index contributed by atoms with van der Waals surface area (Å²) in [5, 5.41) is 10.2. The van der Waals surface area contributed by atoms with E-state index in [2.05, 4.69) is 19.3 Å². The lowest BCUT2D eigenvalue weighted by Gasteiger charge is -2.26. The number of carbonyl (C=O) groups is 1. The van der Waals surface area contributed by atoms with Crippen molar-refractivity contribution in [3.63, 3.8) is 0 Å². The molecular weight excluding hydrogens is 270 g/mol. The summed E-state index contributed by atoms with van der Waals surface area (Å²) in [7, 11) is 0. The molecule has 1 aliphatic rings. The van der Waals surface area contributed by atoms with Crippen LogP contribution in [-0.2, 0) is 14.4 Å². The van der Waals surface area contributed by atoms with Crippen molar-refractivity contribution in [3.05, 3.63) is 0 Å². The van der Waals surface area contributed by atoms with Crippen molar-refractivity contribution in [3.8, 4) is 0 Å². The van der Waals surface area contributed by atoms with Crippen molar-refractivity contribution in [1.29, 1.82) is 0 Å². The molecule has 1 heterocycles. The van der Waals surface area contributed by atoms with Crippen LogP contribution in [-0.4, -0.2) is 30.0 Å². The van der Waals surface area contributed by atoms with Crippen LogP contribution < -0.4 is 5.48 Å². The molecule has 0 aliphatic carbocycles. The monoisotopic (exact) mass is 301 g/mol. The van der Waals surface area contributed by atoms with E-state index in [1.54, 1.807) is 0 Å². The fourth-order valence-electron chi connectivity index (χ4n) is 2.54. The Hall–Kier alpha value is -0.650. The Morgan fingerprint density at radius 1 is 1.43 bits per heavy atom. The summed E-state index contributed by atoms with van der Waals surface area (Å²) < 4.78 is 5.42. The number of amides is 1. The van der Waals surface area contributed by atoms with Gasteiger partial charge in [-0.05, 0) is 31.6 Å². The zero-order valence-corrected chi connectivity index (χ0v) is 13.6. The molecule has 0 aromatic heterocycles. The van der Waals surface area contributed by atoms with Crippen LogP contribution >= 0.6 is 0 Å². The second-order valence-corrected chi connectivity index (χ2v) is 6.09. The van der Waals surface area contributed by atoms with Gasteiger partial charge in [0.25, 0.3) is 0 Å². The molecule has 1 fully saturated rings. The molecule has 0 radical (unpaired) electrons. The molecule has 1 amide bonds. The van der Waals surface area contributed by atoms with Gasteiger partial charge in [-0.15, -0.1) is 0 Å². The summed E-state index contributed by atoms with van der Waals surface area (Å²) in [5.74, 6) is -0.243. The van der Waals surface area contributed by atoms with Crippen LogP contribution in [0, 0.1) is 11.8 Å². The Morgan fingerprint density at radius 3 is 2.76 bits per heavy atom. The number of rotatable bonds is 9. The van der Waals surface area contributed by atoms with Gasteiger partial charge in [0.2, 0.25) is 5.91 Å². The highest BCUT2D eigenvalue weighted by Gasteiger charge is 2.28. The minimum atomic E-state index is -0.611. The smallest absolute Gasteiger partial charge is 0.249 e. The lowest BCUT2D eigenvalue weighted by Crippen LogP contribution is -2.41. The zero-order chi connectivity index (χ0) is 15.7. The van der Waals surface area contributed by atoms with E-state index in [9.17, 15) is 9.90 Å².